The lowest BCUT2D eigenvalue weighted by atomic mass is 10.1. The van der Waals surface area contributed by atoms with Gasteiger partial charge in [-0.3, -0.25) is 9.69 Å². The highest BCUT2D eigenvalue weighted by molar-refractivity contribution is 5.72. The van der Waals surface area contributed by atoms with E-state index in [0.717, 1.165) is 17.1 Å². The molecule has 0 bridgehead atoms. The molecular formula is C12H19NO3. The van der Waals surface area contributed by atoms with E-state index in [1.54, 1.807) is 6.92 Å². The number of hydrogen-bond acceptors (Lipinski definition) is 3. The van der Waals surface area contributed by atoms with Crippen molar-refractivity contribution in [1.82, 2.24) is 4.90 Å². The quantitative estimate of drug-likeness (QED) is 0.854. The zero-order valence-corrected chi connectivity index (χ0v) is 10.4. The summed E-state index contributed by atoms with van der Waals surface area (Å²) in [7, 11) is 1.81. The number of nitrogens with zero attached hydrogens (tertiary/aromatic N) is 1. The third kappa shape index (κ3) is 2.44. The third-order valence-corrected chi connectivity index (χ3v) is 3.11. The van der Waals surface area contributed by atoms with Crippen LogP contribution in [-0.2, 0) is 4.79 Å². The second kappa shape index (κ2) is 4.70. The summed E-state index contributed by atoms with van der Waals surface area (Å²) >= 11 is 0. The van der Waals surface area contributed by atoms with E-state index in [9.17, 15) is 4.79 Å². The van der Waals surface area contributed by atoms with Crippen molar-refractivity contribution in [2.75, 3.05) is 7.05 Å². The summed E-state index contributed by atoms with van der Waals surface area (Å²) in [6, 6.07) is 1.48. The van der Waals surface area contributed by atoms with Crippen LogP contribution in [0.1, 0.15) is 37.0 Å². The molecule has 0 radical (unpaired) electrons. The van der Waals surface area contributed by atoms with Crippen molar-refractivity contribution in [3.8, 4) is 0 Å². The van der Waals surface area contributed by atoms with Crippen LogP contribution in [0, 0.1) is 13.8 Å². The Balaban J connectivity index is 2.89. The van der Waals surface area contributed by atoms with Gasteiger partial charge in [-0.25, -0.2) is 0 Å². The van der Waals surface area contributed by atoms with Crippen molar-refractivity contribution in [3.63, 3.8) is 0 Å². The largest absolute Gasteiger partial charge is 0.480 e. The van der Waals surface area contributed by atoms with E-state index in [1.165, 1.54) is 0 Å². The predicted octanol–water partition coefficient (Wildman–Crippen LogP) is 2.36. The molecule has 4 nitrogen and oxygen atoms in total. The Morgan fingerprint density at radius 1 is 1.44 bits per heavy atom. The van der Waals surface area contributed by atoms with Crippen molar-refractivity contribution in [1.29, 1.82) is 0 Å². The van der Waals surface area contributed by atoms with Gasteiger partial charge < -0.3 is 9.52 Å². The van der Waals surface area contributed by atoms with E-state index in [-0.39, 0.29) is 6.04 Å². The maximum Gasteiger partial charge on any atom is 0.320 e. The molecule has 0 aromatic carbocycles. The molecule has 1 heterocycles. The molecule has 1 rings (SSSR count). The van der Waals surface area contributed by atoms with Crippen LogP contribution in [0.2, 0.25) is 0 Å². The molecule has 0 aliphatic rings. The van der Waals surface area contributed by atoms with E-state index in [1.807, 2.05) is 38.8 Å². The van der Waals surface area contributed by atoms with Crippen LogP contribution in [0.5, 0.6) is 0 Å². The molecule has 16 heavy (non-hydrogen) atoms. The monoisotopic (exact) mass is 225 g/mol. The summed E-state index contributed by atoms with van der Waals surface area (Å²) in [4.78, 5) is 12.7. The third-order valence-electron chi connectivity index (χ3n) is 3.11. The van der Waals surface area contributed by atoms with Crippen LogP contribution in [0.15, 0.2) is 10.5 Å². The van der Waals surface area contributed by atoms with Gasteiger partial charge in [0, 0.05) is 11.6 Å². The molecule has 2 unspecified atom stereocenters. The average Bonchev–Trinajstić information content (AvgIpc) is 2.54. The number of hydrogen-bond donors (Lipinski definition) is 1. The summed E-state index contributed by atoms with van der Waals surface area (Å²) in [5, 5.41) is 8.96. The molecular weight excluding hydrogens is 206 g/mol. The van der Waals surface area contributed by atoms with E-state index in [2.05, 4.69) is 0 Å². The molecule has 0 saturated heterocycles. The van der Waals surface area contributed by atoms with Gasteiger partial charge in [-0.1, -0.05) is 0 Å². The van der Waals surface area contributed by atoms with Gasteiger partial charge in [0.1, 0.15) is 17.6 Å². The van der Waals surface area contributed by atoms with Crippen LogP contribution in [0.4, 0.5) is 0 Å². The van der Waals surface area contributed by atoms with E-state index in [0.29, 0.717) is 0 Å². The highest BCUT2D eigenvalue weighted by Gasteiger charge is 2.24. The van der Waals surface area contributed by atoms with Crippen LogP contribution >= 0.6 is 0 Å². The number of furan rings is 1. The Labute approximate surface area is 95.9 Å². The topological polar surface area (TPSA) is 53.7 Å². The summed E-state index contributed by atoms with van der Waals surface area (Å²) in [6.07, 6.45) is 0. The lowest BCUT2D eigenvalue weighted by Crippen LogP contribution is -2.37. The van der Waals surface area contributed by atoms with E-state index >= 15 is 0 Å². The van der Waals surface area contributed by atoms with Crippen molar-refractivity contribution < 1.29 is 14.3 Å². The predicted molar refractivity (Wildman–Crippen MR) is 61.5 cm³/mol. The van der Waals surface area contributed by atoms with Crippen LogP contribution < -0.4 is 0 Å². The van der Waals surface area contributed by atoms with Gasteiger partial charge in [0.05, 0.1) is 0 Å². The lowest BCUT2D eigenvalue weighted by molar-refractivity contribution is -0.142. The molecule has 1 N–H and O–H groups in total. The maximum atomic E-state index is 10.9. The maximum absolute atomic E-state index is 10.9. The molecule has 90 valence electrons. The van der Waals surface area contributed by atoms with E-state index in [4.69, 9.17) is 9.52 Å². The van der Waals surface area contributed by atoms with Gasteiger partial charge in [-0.2, -0.15) is 0 Å². The van der Waals surface area contributed by atoms with Gasteiger partial charge >= 0.3 is 5.97 Å². The standard InChI is InChI=1S/C12H19NO3/c1-7-6-11(10(4)16-7)8(2)13(5)9(3)12(14)15/h6,8-9H,1-5H3,(H,14,15). The number of likely N-dealkylation sites (N-methyl/N-ethyl adjacent to an activating group) is 1. The normalized spacial score (nSPS) is 15.1. The molecule has 0 aliphatic heterocycles. The average molecular weight is 225 g/mol. The van der Waals surface area contributed by atoms with Gasteiger partial charge in [0.15, 0.2) is 0 Å². The summed E-state index contributed by atoms with van der Waals surface area (Å²) in [6.45, 7) is 7.46. The molecule has 0 spiro atoms. The fourth-order valence-corrected chi connectivity index (χ4v) is 1.79. The molecule has 4 heteroatoms. The SMILES string of the molecule is Cc1cc(C(C)N(C)C(C)C(=O)O)c(C)o1. The Morgan fingerprint density at radius 2 is 2.00 bits per heavy atom. The number of rotatable bonds is 4. The highest BCUT2D eigenvalue weighted by Crippen LogP contribution is 2.26. The fraction of sp³-hybridized carbons (Fsp3) is 0.583. The summed E-state index contributed by atoms with van der Waals surface area (Å²) in [5.74, 6) is 0.900. The Bertz CT molecular complexity index is 384. The summed E-state index contributed by atoms with van der Waals surface area (Å²) in [5.41, 5.74) is 1.05. The molecule has 0 amide bonds. The van der Waals surface area contributed by atoms with Crippen molar-refractivity contribution in [3.05, 3.63) is 23.2 Å². The van der Waals surface area contributed by atoms with Crippen molar-refractivity contribution in [2.24, 2.45) is 0 Å². The first kappa shape index (κ1) is 12.8. The Hall–Kier alpha value is -1.29. The number of aryl methyl sites for hydroxylation is 2. The van der Waals surface area contributed by atoms with E-state index < -0.39 is 12.0 Å². The van der Waals surface area contributed by atoms with Crippen LogP contribution in [0.25, 0.3) is 0 Å². The Kier molecular flexibility index (Phi) is 3.75. The minimum Gasteiger partial charge on any atom is -0.480 e. The van der Waals surface area contributed by atoms with Crippen molar-refractivity contribution in [2.45, 2.75) is 39.8 Å². The lowest BCUT2D eigenvalue weighted by Gasteiger charge is -2.27. The van der Waals surface area contributed by atoms with Gasteiger partial charge in [-0.15, -0.1) is 0 Å². The van der Waals surface area contributed by atoms with Gasteiger partial charge in [0.2, 0.25) is 0 Å². The smallest absolute Gasteiger partial charge is 0.320 e. The number of carboxylic acids is 1. The highest BCUT2D eigenvalue weighted by atomic mass is 16.4. The van der Waals surface area contributed by atoms with Crippen molar-refractivity contribution >= 4 is 5.97 Å². The summed E-state index contributed by atoms with van der Waals surface area (Å²) < 4.78 is 5.45. The molecule has 1 aromatic heterocycles. The molecule has 1 aromatic rings. The zero-order valence-electron chi connectivity index (χ0n) is 10.4. The van der Waals surface area contributed by atoms with Gasteiger partial charge in [-0.05, 0) is 40.8 Å². The number of aliphatic carboxylic acids is 1. The molecule has 0 saturated carbocycles. The molecule has 0 aliphatic carbocycles. The second-order valence-electron chi connectivity index (χ2n) is 4.22. The minimum absolute atomic E-state index is 0.0311. The minimum atomic E-state index is -0.813. The second-order valence-corrected chi connectivity index (χ2v) is 4.22. The first-order valence-corrected chi connectivity index (χ1v) is 5.36. The molecule has 0 fully saturated rings. The van der Waals surface area contributed by atoms with Crippen LogP contribution in [0.3, 0.4) is 0 Å². The number of carbonyl (C=O) groups is 1. The molecule has 2 atom stereocenters. The first-order chi connectivity index (χ1) is 7.34. The zero-order chi connectivity index (χ0) is 12.5. The first-order valence-electron chi connectivity index (χ1n) is 5.36. The fourth-order valence-electron chi connectivity index (χ4n) is 1.79. The number of carboxylic acid groups (broad SMARTS) is 1. The Morgan fingerprint density at radius 3 is 2.38 bits per heavy atom. The van der Waals surface area contributed by atoms with Crippen LogP contribution in [-0.4, -0.2) is 29.1 Å². The van der Waals surface area contributed by atoms with Gasteiger partial charge in [0.25, 0.3) is 0 Å².